The number of sulfone groups is 1. The van der Waals surface area contributed by atoms with Crippen LogP contribution < -0.4 is 5.32 Å². The van der Waals surface area contributed by atoms with E-state index in [2.05, 4.69) is 5.32 Å². The van der Waals surface area contributed by atoms with Crippen molar-refractivity contribution in [3.8, 4) is 0 Å². The minimum Gasteiger partial charge on any atom is -0.352 e. The number of nitrogens with zero attached hydrogens (tertiary/aromatic N) is 1. The lowest BCUT2D eigenvalue weighted by atomic mass is 10.1. The second-order valence-corrected chi connectivity index (χ2v) is 8.02. The van der Waals surface area contributed by atoms with E-state index in [1.165, 1.54) is 0 Å². The predicted molar refractivity (Wildman–Crippen MR) is 68.0 cm³/mol. The molecule has 2 amide bonds. The Morgan fingerprint density at radius 1 is 1.26 bits per heavy atom. The normalized spacial score (nSPS) is 33.7. The van der Waals surface area contributed by atoms with Crippen molar-refractivity contribution in [2.24, 2.45) is 5.92 Å². The van der Waals surface area contributed by atoms with E-state index < -0.39 is 9.84 Å². The molecule has 3 fully saturated rings. The van der Waals surface area contributed by atoms with E-state index in [-0.39, 0.29) is 41.7 Å². The zero-order chi connectivity index (χ0) is 13.6. The summed E-state index contributed by atoms with van der Waals surface area (Å²) in [5, 5.41) is 2.78. The average molecular weight is 286 g/mol. The van der Waals surface area contributed by atoms with Crippen molar-refractivity contribution in [1.82, 2.24) is 10.2 Å². The van der Waals surface area contributed by atoms with E-state index in [1.807, 2.05) is 0 Å². The van der Waals surface area contributed by atoms with Gasteiger partial charge in [-0.1, -0.05) is 0 Å². The molecule has 0 radical (unpaired) electrons. The standard InChI is InChI=1S/C12H18N2O4S/c15-11-5-8(6-14(11)10-1-2-10)12(16)13-9-3-4-19(17,18)7-9/h8-10H,1-7H2,(H,13,16). The predicted octanol–water partition coefficient (Wildman–Crippen LogP) is -0.699. The third kappa shape index (κ3) is 2.75. The first-order valence-electron chi connectivity index (χ1n) is 6.75. The molecule has 106 valence electrons. The summed E-state index contributed by atoms with van der Waals surface area (Å²) in [6, 6.07) is 0.0692. The highest BCUT2D eigenvalue weighted by Gasteiger charge is 2.42. The van der Waals surface area contributed by atoms with Gasteiger partial charge in [-0.15, -0.1) is 0 Å². The molecule has 6 nitrogen and oxygen atoms in total. The topological polar surface area (TPSA) is 83.5 Å². The molecule has 2 atom stereocenters. The van der Waals surface area contributed by atoms with Crippen LogP contribution in [0, 0.1) is 5.92 Å². The second-order valence-electron chi connectivity index (χ2n) is 5.79. The number of rotatable bonds is 3. The van der Waals surface area contributed by atoms with Gasteiger partial charge in [0.1, 0.15) is 0 Å². The molecule has 0 bridgehead atoms. The van der Waals surface area contributed by atoms with Gasteiger partial charge in [0.25, 0.3) is 0 Å². The highest BCUT2D eigenvalue weighted by molar-refractivity contribution is 7.91. The number of amides is 2. The first-order chi connectivity index (χ1) is 8.94. The van der Waals surface area contributed by atoms with Gasteiger partial charge in [-0.2, -0.15) is 0 Å². The molecule has 2 unspecified atom stereocenters. The Bertz CT molecular complexity index is 512. The molecule has 1 saturated carbocycles. The first-order valence-corrected chi connectivity index (χ1v) is 8.57. The molecule has 3 rings (SSSR count). The van der Waals surface area contributed by atoms with Crippen LogP contribution in [0.15, 0.2) is 0 Å². The highest BCUT2D eigenvalue weighted by atomic mass is 32.2. The Kier molecular flexibility index (Phi) is 3.03. The van der Waals surface area contributed by atoms with Crippen molar-refractivity contribution < 1.29 is 18.0 Å². The third-order valence-electron chi connectivity index (χ3n) is 4.10. The maximum atomic E-state index is 12.1. The van der Waals surface area contributed by atoms with Crippen LogP contribution in [0.25, 0.3) is 0 Å². The molecular weight excluding hydrogens is 268 g/mol. The molecule has 19 heavy (non-hydrogen) atoms. The van der Waals surface area contributed by atoms with Crippen molar-refractivity contribution >= 4 is 21.7 Å². The quantitative estimate of drug-likeness (QED) is 0.743. The molecule has 2 saturated heterocycles. The second kappa shape index (κ2) is 4.47. The van der Waals surface area contributed by atoms with Crippen molar-refractivity contribution in [3.05, 3.63) is 0 Å². The lowest BCUT2D eigenvalue weighted by Crippen LogP contribution is -2.40. The van der Waals surface area contributed by atoms with E-state index in [4.69, 9.17) is 0 Å². The van der Waals surface area contributed by atoms with Gasteiger partial charge in [-0.3, -0.25) is 9.59 Å². The van der Waals surface area contributed by atoms with E-state index in [9.17, 15) is 18.0 Å². The smallest absolute Gasteiger partial charge is 0.225 e. The maximum Gasteiger partial charge on any atom is 0.225 e. The van der Waals surface area contributed by atoms with Crippen LogP contribution in [-0.2, 0) is 19.4 Å². The van der Waals surface area contributed by atoms with Crippen LogP contribution in [-0.4, -0.2) is 55.3 Å². The zero-order valence-electron chi connectivity index (χ0n) is 10.7. The SMILES string of the molecule is O=C(NC1CCS(=O)(=O)C1)C1CC(=O)N(C2CC2)C1. The van der Waals surface area contributed by atoms with E-state index >= 15 is 0 Å². The molecule has 2 heterocycles. The van der Waals surface area contributed by atoms with Crippen molar-refractivity contribution in [3.63, 3.8) is 0 Å². The summed E-state index contributed by atoms with van der Waals surface area (Å²) in [4.78, 5) is 25.6. The minimum absolute atomic E-state index is 0.0335. The van der Waals surface area contributed by atoms with Crippen LogP contribution in [0.4, 0.5) is 0 Å². The fourth-order valence-corrected chi connectivity index (χ4v) is 4.55. The van der Waals surface area contributed by atoms with Crippen LogP contribution in [0.2, 0.25) is 0 Å². The highest BCUT2D eigenvalue weighted by Crippen LogP contribution is 2.32. The summed E-state index contributed by atoms with van der Waals surface area (Å²) in [7, 11) is -2.98. The fraction of sp³-hybridized carbons (Fsp3) is 0.833. The molecule has 0 spiro atoms. The van der Waals surface area contributed by atoms with Gasteiger partial charge in [-0.05, 0) is 19.3 Å². The van der Waals surface area contributed by atoms with Crippen molar-refractivity contribution in [2.75, 3.05) is 18.1 Å². The molecule has 0 aromatic heterocycles. The summed E-state index contributed by atoms with van der Waals surface area (Å²) >= 11 is 0. The Balaban J connectivity index is 1.55. The van der Waals surface area contributed by atoms with Crippen LogP contribution >= 0.6 is 0 Å². The molecule has 0 aromatic carbocycles. The Hall–Kier alpha value is -1.11. The van der Waals surface area contributed by atoms with Gasteiger partial charge >= 0.3 is 0 Å². The summed E-state index contributed by atoms with van der Waals surface area (Å²) in [5.41, 5.74) is 0. The monoisotopic (exact) mass is 286 g/mol. The third-order valence-corrected chi connectivity index (χ3v) is 5.86. The summed E-state index contributed by atoms with van der Waals surface area (Å²) in [6.45, 7) is 0.495. The molecule has 0 aromatic rings. The van der Waals surface area contributed by atoms with Gasteiger partial charge in [-0.25, -0.2) is 8.42 Å². The van der Waals surface area contributed by atoms with Crippen LogP contribution in [0.1, 0.15) is 25.7 Å². The zero-order valence-corrected chi connectivity index (χ0v) is 11.5. The van der Waals surface area contributed by atoms with Gasteiger partial charge < -0.3 is 10.2 Å². The number of likely N-dealkylation sites (tertiary alicyclic amines) is 1. The molecule has 7 heteroatoms. The minimum atomic E-state index is -2.98. The Morgan fingerprint density at radius 3 is 2.58 bits per heavy atom. The largest absolute Gasteiger partial charge is 0.352 e. The maximum absolute atomic E-state index is 12.1. The Morgan fingerprint density at radius 2 is 2.00 bits per heavy atom. The molecular formula is C12H18N2O4S. The summed E-state index contributed by atoms with van der Waals surface area (Å²) < 4.78 is 22.7. The summed E-state index contributed by atoms with van der Waals surface area (Å²) in [6.07, 6.45) is 2.84. The number of carbonyl (C=O) groups is 2. The van der Waals surface area contributed by atoms with Gasteiger partial charge in [0.15, 0.2) is 9.84 Å². The molecule has 2 aliphatic heterocycles. The number of nitrogens with one attached hydrogen (secondary N) is 1. The fourth-order valence-electron chi connectivity index (χ4n) is 2.87. The van der Waals surface area contributed by atoms with Crippen LogP contribution in [0.5, 0.6) is 0 Å². The lowest BCUT2D eigenvalue weighted by molar-refractivity contribution is -0.129. The van der Waals surface area contributed by atoms with E-state index in [0.717, 1.165) is 12.8 Å². The van der Waals surface area contributed by atoms with Gasteiger partial charge in [0.05, 0.1) is 17.4 Å². The van der Waals surface area contributed by atoms with Crippen molar-refractivity contribution in [1.29, 1.82) is 0 Å². The number of hydrogen-bond acceptors (Lipinski definition) is 4. The van der Waals surface area contributed by atoms with Crippen LogP contribution in [0.3, 0.4) is 0 Å². The summed E-state index contributed by atoms with van der Waals surface area (Å²) in [5.74, 6) is -0.238. The number of hydrogen-bond donors (Lipinski definition) is 1. The van der Waals surface area contributed by atoms with E-state index in [0.29, 0.717) is 19.0 Å². The molecule has 1 N–H and O–H groups in total. The van der Waals surface area contributed by atoms with Gasteiger partial charge in [0.2, 0.25) is 11.8 Å². The van der Waals surface area contributed by atoms with E-state index in [1.54, 1.807) is 4.90 Å². The molecule has 3 aliphatic rings. The number of carbonyl (C=O) groups excluding carboxylic acids is 2. The van der Waals surface area contributed by atoms with Crippen molar-refractivity contribution in [2.45, 2.75) is 37.8 Å². The Labute approximate surface area is 112 Å². The molecule has 1 aliphatic carbocycles. The average Bonchev–Trinajstić information content (AvgIpc) is 3.01. The first kappa shape index (κ1) is 12.9. The van der Waals surface area contributed by atoms with Gasteiger partial charge in [0, 0.05) is 25.0 Å². The lowest BCUT2D eigenvalue weighted by Gasteiger charge is -2.17.